The van der Waals surface area contributed by atoms with E-state index in [1.807, 2.05) is 42.6 Å². The summed E-state index contributed by atoms with van der Waals surface area (Å²) in [7, 11) is 0. The van der Waals surface area contributed by atoms with Crippen molar-refractivity contribution in [2.45, 2.75) is 19.4 Å². The second kappa shape index (κ2) is 10.8. The number of pyridine rings is 4. The van der Waals surface area contributed by atoms with Crippen molar-refractivity contribution >= 4 is 61.0 Å². The molecular formula is C44H27FN8. The quantitative estimate of drug-likeness (QED) is 0.143. The summed E-state index contributed by atoms with van der Waals surface area (Å²) in [6.07, 6.45) is 7.17. The Labute approximate surface area is 302 Å². The lowest BCUT2D eigenvalue weighted by Gasteiger charge is -2.42. The average molecular weight is 687 g/mol. The van der Waals surface area contributed by atoms with Gasteiger partial charge in [0.2, 0.25) is 0 Å². The smallest absolute Gasteiger partial charge is 0.123 e. The van der Waals surface area contributed by atoms with Crippen LogP contribution in [0, 0.1) is 12.7 Å². The average Bonchev–Trinajstić information content (AvgIpc) is 3.20. The Kier molecular flexibility index (Phi) is 6.03. The predicted molar refractivity (Wildman–Crippen MR) is 208 cm³/mol. The summed E-state index contributed by atoms with van der Waals surface area (Å²) in [5, 5.41) is 5.84. The number of nitrogens with zero attached hydrogens (tertiary/aromatic N) is 7. The Bertz CT molecular complexity index is 3070. The third-order valence-electron chi connectivity index (χ3n) is 10.6. The highest BCUT2D eigenvalue weighted by Crippen LogP contribution is 2.55. The van der Waals surface area contributed by atoms with E-state index in [1.54, 1.807) is 30.7 Å². The molecule has 53 heavy (non-hydrogen) atoms. The minimum absolute atomic E-state index is 0.333. The number of hydrogen-bond donors (Lipinski definition) is 1. The highest BCUT2D eigenvalue weighted by Gasteiger charge is 2.47. The highest BCUT2D eigenvalue weighted by molar-refractivity contribution is 6.26. The normalized spacial score (nSPS) is 15.8. The maximum atomic E-state index is 14.6. The Morgan fingerprint density at radius 3 is 1.83 bits per heavy atom. The Morgan fingerprint density at radius 1 is 0.566 bits per heavy atom. The monoisotopic (exact) mass is 686 g/mol. The predicted octanol–water partition coefficient (Wildman–Crippen LogP) is 9.89. The fourth-order valence-electron chi connectivity index (χ4n) is 8.16. The van der Waals surface area contributed by atoms with Crippen LogP contribution in [0.3, 0.4) is 0 Å². The van der Waals surface area contributed by atoms with Crippen LogP contribution >= 0.6 is 0 Å². The van der Waals surface area contributed by atoms with Crippen LogP contribution < -0.4 is 5.32 Å². The topological polar surface area (TPSA) is 102 Å². The summed E-state index contributed by atoms with van der Waals surface area (Å²) < 4.78 is 14.6. The van der Waals surface area contributed by atoms with Crippen LogP contribution in [0.5, 0.6) is 0 Å². The van der Waals surface area contributed by atoms with Crippen LogP contribution in [-0.4, -0.2) is 35.6 Å². The molecular weight excluding hydrogens is 660 g/mol. The van der Waals surface area contributed by atoms with E-state index in [4.69, 9.17) is 34.9 Å². The molecule has 0 fully saturated rings. The van der Waals surface area contributed by atoms with Crippen molar-refractivity contribution in [2.75, 3.05) is 5.32 Å². The molecule has 1 atom stereocenters. The molecule has 8 nitrogen and oxygen atoms in total. The second-order valence-corrected chi connectivity index (χ2v) is 13.8. The van der Waals surface area contributed by atoms with Crippen molar-refractivity contribution in [3.63, 3.8) is 0 Å². The minimum Gasteiger partial charge on any atom is -0.367 e. The van der Waals surface area contributed by atoms with Gasteiger partial charge in [-0.1, -0.05) is 66.2 Å². The van der Waals surface area contributed by atoms with E-state index >= 15 is 0 Å². The van der Waals surface area contributed by atoms with Gasteiger partial charge in [-0.3, -0.25) is 19.9 Å². The van der Waals surface area contributed by atoms with Gasteiger partial charge in [-0.05, 0) is 61.4 Å². The summed E-state index contributed by atoms with van der Waals surface area (Å²) in [5.74, 6) is -0.333. The van der Waals surface area contributed by atoms with E-state index in [0.29, 0.717) is 27.8 Å². The molecule has 6 heterocycles. The van der Waals surface area contributed by atoms with Crippen LogP contribution in [0.1, 0.15) is 23.9 Å². The fraction of sp³-hybridized carbons (Fsp3) is 0.0682. The van der Waals surface area contributed by atoms with Gasteiger partial charge in [0, 0.05) is 57.8 Å². The standard InChI is InChI=1S/C44H27FN8/c1-23-11-13-24(14-12-23)31-36-37(51-41-34-28(8-4-20-47-34)27-7-3-19-46-33(27)40(41)50-36)32(25-15-17-26(45)18-16-25)39-38(31)52-43-35-29(9-5-21-48-35)30-10-6-22-49-42(30)44(43,2)53-39/h3-22,53H,1-2H3. The first-order valence-corrected chi connectivity index (χ1v) is 17.4. The molecule has 9 heteroatoms. The number of hydrogen-bond acceptors (Lipinski definition) is 8. The summed E-state index contributed by atoms with van der Waals surface area (Å²) in [4.78, 5) is 36.1. The van der Waals surface area contributed by atoms with E-state index in [0.717, 1.165) is 83.5 Å². The minimum atomic E-state index is -0.878. The van der Waals surface area contributed by atoms with E-state index in [9.17, 15) is 4.39 Å². The lowest BCUT2D eigenvalue weighted by Crippen LogP contribution is -2.46. The number of halogens is 1. The van der Waals surface area contributed by atoms with Gasteiger partial charge in [0.05, 0.1) is 39.5 Å². The van der Waals surface area contributed by atoms with Crippen LogP contribution in [0.15, 0.2) is 127 Å². The van der Waals surface area contributed by atoms with E-state index in [-0.39, 0.29) is 5.82 Å². The zero-order valence-corrected chi connectivity index (χ0v) is 28.6. The van der Waals surface area contributed by atoms with Crippen molar-refractivity contribution in [3.8, 4) is 33.4 Å². The molecule has 2 aliphatic rings. The fourth-order valence-corrected chi connectivity index (χ4v) is 8.16. The zero-order valence-electron chi connectivity index (χ0n) is 28.6. The molecule has 11 rings (SSSR count). The Hall–Kier alpha value is -7.00. The number of aliphatic imine (C=N–C) groups is 1. The third kappa shape index (κ3) is 4.13. The van der Waals surface area contributed by atoms with Gasteiger partial charge in [-0.25, -0.2) is 19.4 Å². The molecule has 1 aliphatic heterocycles. The number of aromatic nitrogens is 6. The molecule has 9 aromatic rings. The van der Waals surface area contributed by atoms with Crippen LogP contribution in [0.2, 0.25) is 0 Å². The molecule has 0 amide bonds. The van der Waals surface area contributed by atoms with Crippen LogP contribution in [0.25, 0.3) is 77.3 Å². The number of nitrogens with one attached hydrogen (secondary N) is 1. The van der Waals surface area contributed by atoms with E-state index in [1.165, 1.54) is 12.1 Å². The number of benzene rings is 4. The first-order valence-electron chi connectivity index (χ1n) is 17.4. The lowest BCUT2D eigenvalue weighted by molar-refractivity contribution is 0.628. The third-order valence-corrected chi connectivity index (χ3v) is 10.6. The summed E-state index contributed by atoms with van der Waals surface area (Å²) in [6, 6.07) is 30.9. The van der Waals surface area contributed by atoms with Gasteiger partial charge in [-0.15, -0.1) is 0 Å². The summed E-state index contributed by atoms with van der Waals surface area (Å²) in [6.45, 7) is 4.17. The maximum absolute atomic E-state index is 14.6. The first-order chi connectivity index (χ1) is 26.0. The molecule has 1 unspecified atom stereocenters. The molecule has 1 N–H and O–H groups in total. The highest BCUT2D eigenvalue weighted by atomic mass is 19.1. The van der Waals surface area contributed by atoms with E-state index < -0.39 is 5.54 Å². The van der Waals surface area contributed by atoms with E-state index in [2.05, 4.69) is 55.6 Å². The second-order valence-electron chi connectivity index (χ2n) is 13.8. The SMILES string of the molecule is Cc1ccc(-c2c3c(c(-c4ccc(F)cc4)c4nc5c6ncccc6c6cccnc6c5nc24)NC2(C)C(=N3)c3ncccc3-c3cccnc32)cc1. The molecule has 5 aromatic heterocycles. The van der Waals surface area contributed by atoms with Gasteiger partial charge in [-0.2, -0.15) is 0 Å². The Morgan fingerprint density at radius 2 is 1.13 bits per heavy atom. The van der Waals surface area contributed by atoms with Gasteiger partial charge < -0.3 is 5.32 Å². The van der Waals surface area contributed by atoms with Crippen molar-refractivity contribution in [1.82, 2.24) is 29.9 Å². The van der Waals surface area contributed by atoms with Gasteiger partial charge in [0.25, 0.3) is 0 Å². The molecule has 4 aromatic carbocycles. The zero-order chi connectivity index (χ0) is 35.4. The number of fused-ring (bicyclic) bond motifs is 14. The van der Waals surface area contributed by atoms with Gasteiger partial charge >= 0.3 is 0 Å². The summed E-state index contributed by atoms with van der Waals surface area (Å²) in [5.41, 5.74) is 13.3. The first kappa shape index (κ1) is 29.7. The molecule has 0 radical (unpaired) electrons. The number of rotatable bonds is 2. The largest absolute Gasteiger partial charge is 0.367 e. The molecule has 0 spiro atoms. The molecule has 0 bridgehead atoms. The Balaban J connectivity index is 1.37. The number of anilines is 1. The van der Waals surface area contributed by atoms with Gasteiger partial charge in [0.15, 0.2) is 0 Å². The maximum Gasteiger partial charge on any atom is 0.123 e. The lowest BCUT2D eigenvalue weighted by atomic mass is 9.76. The summed E-state index contributed by atoms with van der Waals surface area (Å²) >= 11 is 0. The van der Waals surface area contributed by atoms with Crippen molar-refractivity contribution in [3.05, 3.63) is 145 Å². The number of aryl methyl sites for hydroxylation is 1. The van der Waals surface area contributed by atoms with Gasteiger partial charge in [0.1, 0.15) is 33.4 Å². The van der Waals surface area contributed by atoms with Crippen molar-refractivity contribution < 1.29 is 4.39 Å². The molecule has 1 aliphatic carbocycles. The van der Waals surface area contributed by atoms with Crippen LogP contribution in [0.4, 0.5) is 15.8 Å². The van der Waals surface area contributed by atoms with Crippen LogP contribution in [-0.2, 0) is 5.54 Å². The molecule has 0 saturated heterocycles. The van der Waals surface area contributed by atoms with Crippen molar-refractivity contribution in [2.24, 2.45) is 4.99 Å². The molecule has 250 valence electrons. The molecule has 0 saturated carbocycles. The van der Waals surface area contributed by atoms with Crippen molar-refractivity contribution in [1.29, 1.82) is 0 Å².